The molecule has 132 valence electrons. The first-order chi connectivity index (χ1) is 10.9. The van der Waals surface area contributed by atoms with Crippen LogP contribution in [0.2, 0.25) is 0 Å². The van der Waals surface area contributed by atoms with E-state index in [0.717, 1.165) is 42.9 Å². The number of hydrogen-bond donors (Lipinski definition) is 1. The van der Waals surface area contributed by atoms with Gasteiger partial charge in [0.1, 0.15) is 0 Å². The molecule has 7 atom stereocenters. The molecule has 1 heteroatoms. The van der Waals surface area contributed by atoms with Gasteiger partial charge in [-0.05, 0) is 92.3 Å². The molecule has 4 rings (SSSR count). The van der Waals surface area contributed by atoms with Crippen molar-refractivity contribution in [3.8, 4) is 0 Å². The molecule has 0 aromatic carbocycles. The third-order valence-electron chi connectivity index (χ3n) is 9.57. The molecule has 4 aliphatic carbocycles. The molecule has 0 radical (unpaired) electrons. The van der Waals surface area contributed by atoms with Crippen molar-refractivity contribution < 1.29 is 5.11 Å². The van der Waals surface area contributed by atoms with Gasteiger partial charge in [-0.1, -0.05) is 40.0 Å². The van der Waals surface area contributed by atoms with Gasteiger partial charge in [0.2, 0.25) is 0 Å². The Balaban J connectivity index is 1.63. The second-order valence-electron chi connectivity index (χ2n) is 10.2. The number of hydrogen-bond acceptors (Lipinski definition) is 1. The molecule has 4 aliphatic rings. The van der Waals surface area contributed by atoms with Crippen molar-refractivity contribution in [2.45, 2.75) is 103 Å². The number of aliphatic hydroxyl groups is 1. The average Bonchev–Trinajstić information content (AvgIpc) is 2.79. The highest BCUT2D eigenvalue weighted by atomic mass is 16.3. The summed E-state index contributed by atoms with van der Waals surface area (Å²) < 4.78 is 0. The summed E-state index contributed by atoms with van der Waals surface area (Å²) in [5.74, 6) is 3.69. The Hall–Kier alpha value is -0.0400. The standard InChI is InChI=1S/C22H38O/c1-4-12-22(23)15-11-19-17-9-8-16-7-5-6-13-20(16,2)18(17)10-14-21(19,22)3/h16-19,23H,4-15H2,1-3H3/t16-,17+,18+,19+,20-,21-,22-/m0/s1. The predicted molar refractivity (Wildman–Crippen MR) is 96.2 cm³/mol. The molecule has 4 saturated carbocycles. The van der Waals surface area contributed by atoms with Crippen LogP contribution in [-0.2, 0) is 0 Å². The van der Waals surface area contributed by atoms with Crippen LogP contribution < -0.4 is 0 Å². The molecule has 0 heterocycles. The zero-order valence-electron chi connectivity index (χ0n) is 15.7. The van der Waals surface area contributed by atoms with Crippen LogP contribution in [0.1, 0.15) is 97.8 Å². The van der Waals surface area contributed by atoms with E-state index in [1.165, 1.54) is 57.8 Å². The van der Waals surface area contributed by atoms with Gasteiger partial charge in [-0.3, -0.25) is 0 Å². The first kappa shape index (κ1) is 16.4. The predicted octanol–water partition coefficient (Wildman–Crippen LogP) is 5.95. The fourth-order valence-corrected chi connectivity index (χ4v) is 8.23. The van der Waals surface area contributed by atoms with Crippen molar-refractivity contribution >= 4 is 0 Å². The van der Waals surface area contributed by atoms with Gasteiger partial charge >= 0.3 is 0 Å². The van der Waals surface area contributed by atoms with Crippen LogP contribution in [0.15, 0.2) is 0 Å². The van der Waals surface area contributed by atoms with Crippen LogP contribution in [-0.4, -0.2) is 10.7 Å². The Bertz CT molecular complexity index is 459. The van der Waals surface area contributed by atoms with Gasteiger partial charge in [-0.25, -0.2) is 0 Å². The molecule has 0 spiro atoms. The molecule has 0 aromatic rings. The first-order valence-electron chi connectivity index (χ1n) is 10.7. The summed E-state index contributed by atoms with van der Waals surface area (Å²) in [4.78, 5) is 0. The normalized spacial score (nSPS) is 55.8. The van der Waals surface area contributed by atoms with Gasteiger partial charge in [-0.2, -0.15) is 0 Å². The largest absolute Gasteiger partial charge is 0.389 e. The topological polar surface area (TPSA) is 20.2 Å². The third-order valence-corrected chi connectivity index (χ3v) is 9.57. The lowest BCUT2D eigenvalue weighted by atomic mass is 9.44. The Morgan fingerprint density at radius 1 is 0.870 bits per heavy atom. The molecular weight excluding hydrogens is 280 g/mol. The summed E-state index contributed by atoms with van der Waals surface area (Å²) in [7, 11) is 0. The average molecular weight is 319 g/mol. The first-order valence-corrected chi connectivity index (χ1v) is 10.7. The number of fused-ring (bicyclic) bond motifs is 5. The van der Waals surface area contributed by atoms with Gasteiger partial charge in [0, 0.05) is 0 Å². The van der Waals surface area contributed by atoms with E-state index >= 15 is 0 Å². The van der Waals surface area contributed by atoms with E-state index in [4.69, 9.17) is 0 Å². The summed E-state index contributed by atoms with van der Waals surface area (Å²) in [6.45, 7) is 7.36. The highest BCUT2D eigenvalue weighted by molar-refractivity contribution is 5.13. The minimum absolute atomic E-state index is 0.210. The lowest BCUT2D eigenvalue weighted by Gasteiger charge is -2.61. The van der Waals surface area contributed by atoms with E-state index in [1.807, 2.05) is 0 Å². The third kappa shape index (κ3) is 2.14. The molecule has 0 amide bonds. The summed E-state index contributed by atoms with van der Waals surface area (Å²) in [5.41, 5.74) is 0.484. The van der Waals surface area contributed by atoms with E-state index in [2.05, 4.69) is 20.8 Å². The molecule has 0 aliphatic heterocycles. The molecule has 1 N–H and O–H groups in total. The van der Waals surface area contributed by atoms with E-state index < -0.39 is 0 Å². The smallest absolute Gasteiger partial charge is 0.0703 e. The maximum atomic E-state index is 11.4. The molecule has 0 aromatic heterocycles. The molecule has 0 unspecified atom stereocenters. The summed E-state index contributed by atoms with van der Waals surface area (Å²) in [6, 6.07) is 0. The second kappa shape index (κ2) is 5.48. The Kier molecular flexibility index (Phi) is 3.91. The molecular formula is C22H38O. The van der Waals surface area contributed by atoms with Gasteiger partial charge < -0.3 is 5.11 Å². The van der Waals surface area contributed by atoms with Crippen LogP contribution in [0.5, 0.6) is 0 Å². The zero-order chi connectivity index (χ0) is 16.3. The van der Waals surface area contributed by atoms with Gasteiger partial charge in [0.05, 0.1) is 5.60 Å². The fourth-order valence-electron chi connectivity index (χ4n) is 8.23. The Morgan fingerprint density at radius 3 is 2.43 bits per heavy atom. The van der Waals surface area contributed by atoms with Crippen LogP contribution >= 0.6 is 0 Å². The zero-order valence-corrected chi connectivity index (χ0v) is 15.7. The van der Waals surface area contributed by atoms with E-state index in [0.29, 0.717) is 5.41 Å². The fraction of sp³-hybridized carbons (Fsp3) is 1.00. The molecule has 23 heavy (non-hydrogen) atoms. The van der Waals surface area contributed by atoms with Crippen molar-refractivity contribution in [2.75, 3.05) is 0 Å². The van der Waals surface area contributed by atoms with E-state index in [1.54, 1.807) is 0 Å². The summed E-state index contributed by atoms with van der Waals surface area (Å²) >= 11 is 0. The van der Waals surface area contributed by atoms with Crippen LogP contribution in [0.25, 0.3) is 0 Å². The van der Waals surface area contributed by atoms with Gasteiger partial charge in [0.15, 0.2) is 0 Å². The Labute approximate surface area is 143 Å². The molecule has 0 saturated heterocycles. The molecule has 0 bridgehead atoms. The van der Waals surface area contributed by atoms with Crippen LogP contribution in [0, 0.1) is 34.5 Å². The highest BCUT2D eigenvalue weighted by Crippen LogP contribution is 2.68. The van der Waals surface area contributed by atoms with Gasteiger partial charge in [-0.15, -0.1) is 0 Å². The maximum Gasteiger partial charge on any atom is 0.0703 e. The summed E-state index contributed by atoms with van der Waals surface area (Å²) in [5, 5.41) is 11.4. The highest BCUT2D eigenvalue weighted by Gasteiger charge is 2.63. The monoisotopic (exact) mass is 318 g/mol. The van der Waals surface area contributed by atoms with Crippen molar-refractivity contribution in [1.29, 1.82) is 0 Å². The molecule has 1 nitrogen and oxygen atoms in total. The van der Waals surface area contributed by atoms with Crippen molar-refractivity contribution in [2.24, 2.45) is 34.5 Å². The van der Waals surface area contributed by atoms with E-state index in [-0.39, 0.29) is 11.0 Å². The van der Waals surface area contributed by atoms with Crippen LogP contribution in [0.4, 0.5) is 0 Å². The molecule has 4 fully saturated rings. The van der Waals surface area contributed by atoms with Crippen molar-refractivity contribution in [1.82, 2.24) is 0 Å². The van der Waals surface area contributed by atoms with E-state index in [9.17, 15) is 5.11 Å². The van der Waals surface area contributed by atoms with Gasteiger partial charge in [0.25, 0.3) is 0 Å². The quantitative estimate of drug-likeness (QED) is 0.667. The second-order valence-corrected chi connectivity index (χ2v) is 10.2. The minimum atomic E-state index is -0.359. The van der Waals surface area contributed by atoms with Crippen molar-refractivity contribution in [3.63, 3.8) is 0 Å². The minimum Gasteiger partial charge on any atom is -0.389 e. The lowest BCUT2D eigenvalue weighted by Crippen LogP contribution is -2.56. The Morgan fingerprint density at radius 2 is 1.65 bits per heavy atom. The SMILES string of the molecule is CCC[C@]1(O)CC[C@@H]2[C@@H]3CC[C@@H]4CCCC[C@]4(C)[C@@H]3CC[C@@]21C. The summed E-state index contributed by atoms with van der Waals surface area (Å²) in [6.07, 6.45) is 16.1. The number of rotatable bonds is 2. The van der Waals surface area contributed by atoms with Crippen molar-refractivity contribution in [3.05, 3.63) is 0 Å². The lowest BCUT2D eigenvalue weighted by molar-refractivity contribution is -0.153. The maximum absolute atomic E-state index is 11.4. The van der Waals surface area contributed by atoms with Crippen LogP contribution in [0.3, 0.4) is 0 Å².